The summed E-state index contributed by atoms with van der Waals surface area (Å²) in [5.41, 5.74) is 4.91. The molecule has 0 aliphatic heterocycles. The second kappa shape index (κ2) is 7.69. The standard InChI is InChI=1S/C24H21F2NO2S/c1-15-12-19(26)10-11-20(15)23(16-6-8-18(25)9-7-16)22-13-27-24-17(14-30(2,28)29)4-3-5-21(22)24/h3-13,23,27H,14H2,1-2H3. The molecule has 0 saturated heterocycles. The third-order valence-electron chi connectivity index (χ3n) is 5.31. The normalized spacial score (nSPS) is 12.9. The molecule has 0 amide bonds. The Hall–Kier alpha value is -2.99. The lowest BCUT2D eigenvalue weighted by Crippen LogP contribution is -2.06. The Balaban J connectivity index is 1.95. The van der Waals surface area contributed by atoms with E-state index in [9.17, 15) is 17.2 Å². The highest BCUT2D eigenvalue weighted by Gasteiger charge is 2.23. The number of aromatic amines is 1. The second-order valence-corrected chi connectivity index (χ2v) is 9.78. The molecule has 4 rings (SSSR count). The van der Waals surface area contributed by atoms with Gasteiger partial charge in [-0.2, -0.15) is 0 Å². The van der Waals surface area contributed by atoms with Gasteiger partial charge < -0.3 is 4.98 Å². The molecular formula is C24H21F2NO2S. The van der Waals surface area contributed by atoms with Crippen LogP contribution in [0.2, 0.25) is 0 Å². The number of H-pyrrole nitrogens is 1. The minimum absolute atomic E-state index is 0.0684. The second-order valence-electron chi connectivity index (χ2n) is 7.64. The summed E-state index contributed by atoms with van der Waals surface area (Å²) in [6, 6.07) is 16.5. The molecule has 0 radical (unpaired) electrons. The highest BCUT2D eigenvalue weighted by molar-refractivity contribution is 7.89. The van der Waals surface area contributed by atoms with Gasteiger partial charge in [0.2, 0.25) is 0 Å². The monoisotopic (exact) mass is 425 g/mol. The van der Waals surface area contributed by atoms with E-state index >= 15 is 0 Å². The number of aromatic nitrogens is 1. The number of rotatable bonds is 5. The molecule has 0 aliphatic rings. The summed E-state index contributed by atoms with van der Waals surface area (Å²) < 4.78 is 51.0. The summed E-state index contributed by atoms with van der Waals surface area (Å²) in [5.74, 6) is -0.985. The van der Waals surface area contributed by atoms with Crippen molar-refractivity contribution in [3.8, 4) is 0 Å². The topological polar surface area (TPSA) is 49.9 Å². The molecule has 0 saturated carbocycles. The molecular weight excluding hydrogens is 404 g/mol. The predicted molar refractivity (Wildman–Crippen MR) is 115 cm³/mol. The largest absolute Gasteiger partial charge is 0.361 e. The maximum atomic E-state index is 13.8. The van der Waals surface area contributed by atoms with Crippen LogP contribution in [0.1, 0.15) is 33.7 Å². The van der Waals surface area contributed by atoms with Crippen molar-refractivity contribution in [2.75, 3.05) is 6.26 Å². The van der Waals surface area contributed by atoms with E-state index in [4.69, 9.17) is 0 Å². The number of fused-ring (bicyclic) bond motifs is 1. The third kappa shape index (κ3) is 4.00. The summed E-state index contributed by atoms with van der Waals surface area (Å²) in [7, 11) is -3.20. The zero-order valence-corrected chi connectivity index (χ0v) is 17.4. The van der Waals surface area contributed by atoms with Gasteiger partial charge in [0.1, 0.15) is 11.6 Å². The molecule has 30 heavy (non-hydrogen) atoms. The Morgan fingerprint density at radius 1 is 0.933 bits per heavy atom. The van der Waals surface area contributed by atoms with E-state index in [0.717, 1.165) is 33.2 Å². The first kappa shape index (κ1) is 20.3. The number of benzene rings is 3. The summed E-state index contributed by atoms with van der Waals surface area (Å²) in [6.07, 6.45) is 3.06. The van der Waals surface area contributed by atoms with E-state index in [1.807, 2.05) is 25.3 Å². The van der Waals surface area contributed by atoms with Crippen LogP contribution in [-0.4, -0.2) is 19.7 Å². The molecule has 3 nitrogen and oxygen atoms in total. The molecule has 1 heterocycles. The average molecular weight is 426 g/mol. The van der Waals surface area contributed by atoms with Gasteiger partial charge in [0.25, 0.3) is 0 Å². The van der Waals surface area contributed by atoms with Crippen LogP contribution in [0.25, 0.3) is 10.9 Å². The molecule has 1 atom stereocenters. The molecule has 1 aromatic heterocycles. The molecule has 3 aromatic carbocycles. The van der Waals surface area contributed by atoms with Gasteiger partial charge in [0.05, 0.1) is 5.75 Å². The predicted octanol–water partition coefficient (Wildman–Crippen LogP) is 5.48. The summed E-state index contributed by atoms with van der Waals surface area (Å²) in [5, 5.41) is 0.884. The van der Waals surface area contributed by atoms with Crippen molar-refractivity contribution < 1.29 is 17.2 Å². The number of hydrogen-bond donors (Lipinski definition) is 1. The quantitative estimate of drug-likeness (QED) is 0.460. The Bertz CT molecular complexity index is 1330. The van der Waals surface area contributed by atoms with Crippen molar-refractivity contribution >= 4 is 20.7 Å². The van der Waals surface area contributed by atoms with Crippen molar-refractivity contribution in [2.24, 2.45) is 0 Å². The molecule has 6 heteroatoms. The van der Waals surface area contributed by atoms with Gasteiger partial charge in [0.15, 0.2) is 9.84 Å². The Kier molecular flexibility index (Phi) is 5.20. The van der Waals surface area contributed by atoms with Crippen LogP contribution in [0.3, 0.4) is 0 Å². The van der Waals surface area contributed by atoms with Crippen LogP contribution in [0.4, 0.5) is 8.78 Å². The van der Waals surface area contributed by atoms with Gasteiger partial charge in [-0.05, 0) is 59.0 Å². The fraction of sp³-hybridized carbons (Fsp3) is 0.167. The molecule has 0 aliphatic carbocycles. The van der Waals surface area contributed by atoms with Gasteiger partial charge in [-0.1, -0.05) is 36.4 Å². The van der Waals surface area contributed by atoms with Gasteiger partial charge in [-0.3, -0.25) is 0 Å². The third-order valence-corrected chi connectivity index (χ3v) is 6.14. The number of para-hydroxylation sites is 1. The van der Waals surface area contributed by atoms with Crippen LogP contribution in [0, 0.1) is 18.6 Å². The average Bonchev–Trinajstić information content (AvgIpc) is 3.09. The number of aryl methyl sites for hydroxylation is 1. The van der Waals surface area contributed by atoms with E-state index in [2.05, 4.69) is 4.98 Å². The molecule has 0 fully saturated rings. The lowest BCUT2D eigenvalue weighted by molar-refractivity contribution is 0.601. The van der Waals surface area contributed by atoms with Crippen LogP contribution >= 0.6 is 0 Å². The smallest absolute Gasteiger partial charge is 0.151 e. The van der Waals surface area contributed by atoms with Gasteiger partial charge in [0, 0.05) is 29.3 Å². The first-order valence-corrected chi connectivity index (χ1v) is 11.6. The Morgan fingerprint density at radius 2 is 1.63 bits per heavy atom. The lowest BCUT2D eigenvalue weighted by Gasteiger charge is -2.20. The maximum Gasteiger partial charge on any atom is 0.151 e. The van der Waals surface area contributed by atoms with Crippen LogP contribution in [0.5, 0.6) is 0 Å². The van der Waals surface area contributed by atoms with E-state index in [1.165, 1.54) is 30.5 Å². The molecule has 1 N–H and O–H groups in total. The number of hydrogen-bond acceptors (Lipinski definition) is 2. The first-order valence-electron chi connectivity index (χ1n) is 9.51. The van der Waals surface area contributed by atoms with E-state index in [-0.39, 0.29) is 23.3 Å². The van der Waals surface area contributed by atoms with Crippen LogP contribution in [0.15, 0.2) is 66.9 Å². The van der Waals surface area contributed by atoms with E-state index in [1.54, 1.807) is 24.3 Å². The van der Waals surface area contributed by atoms with Crippen LogP contribution in [-0.2, 0) is 15.6 Å². The lowest BCUT2D eigenvalue weighted by atomic mass is 9.83. The molecule has 0 spiro atoms. The van der Waals surface area contributed by atoms with Gasteiger partial charge in [-0.15, -0.1) is 0 Å². The Morgan fingerprint density at radius 3 is 2.30 bits per heavy atom. The number of nitrogens with one attached hydrogen (secondary N) is 1. The SMILES string of the molecule is Cc1cc(F)ccc1C(c1ccc(F)cc1)c1c[nH]c2c(CS(C)(=O)=O)cccc12. The van der Waals surface area contributed by atoms with Crippen molar-refractivity contribution in [3.63, 3.8) is 0 Å². The number of halogens is 2. The zero-order valence-electron chi connectivity index (χ0n) is 16.6. The summed E-state index contributed by atoms with van der Waals surface area (Å²) in [4.78, 5) is 3.23. The summed E-state index contributed by atoms with van der Waals surface area (Å²) >= 11 is 0. The number of sulfone groups is 1. The van der Waals surface area contributed by atoms with E-state index in [0.29, 0.717) is 5.56 Å². The fourth-order valence-corrected chi connectivity index (χ4v) is 4.83. The Labute approximate surface area is 174 Å². The molecule has 4 aromatic rings. The molecule has 1 unspecified atom stereocenters. The highest BCUT2D eigenvalue weighted by Crippen LogP contribution is 2.38. The maximum absolute atomic E-state index is 13.8. The van der Waals surface area contributed by atoms with Crippen molar-refractivity contribution in [3.05, 3.63) is 106 Å². The zero-order chi connectivity index (χ0) is 21.5. The van der Waals surface area contributed by atoms with Crippen molar-refractivity contribution in [1.29, 1.82) is 0 Å². The first-order chi connectivity index (χ1) is 14.2. The minimum Gasteiger partial charge on any atom is -0.361 e. The molecule has 0 bridgehead atoms. The highest BCUT2D eigenvalue weighted by atomic mass is 32.2. The summed E-state index contributed by atoms with van der Waals surface area (Å²) in [6.45, 7) is 1.85. The van der Waals surface area contributed by atoms with Crippen molar-refractivity contribution in [2.45, 2.75) is 18.6 Å². The van der Waals surface area contributed by atoms with E-state index < -0.39 is 9.84 Å². The fourth-order valence-electron chi connectivity index (χ4n) is 4.03. The van der Waals surface area contributed by atoms with Gasteiger partial charge >= 0.3 is 0 Å². The van der Waals surface area contributed by atoms with Gasteiger partial charge in [-0.25, -0.2) is 17.2 Å². The van der Waals surface area contributed by atoms with Crippen LogP contribution < -0.4 is 0 Å². The minimum atomic E-state index is -3.20. The molecule has 154 valence electrons. The van der Waals surface area contributed by atoms with Crippen molar-refractivity contribution in [1.82, 2.24) is 4.98 Å².